The number of likely N-dealkylation sites (N-methyl/N-ethyl adjacent to an activating group) is 1. The first kappa shape index (κ1) is 22.1. The largest absolute Gasteiger partial charge is 0.510 e. The van der Waals surface area contributed by atoms with Crippen molar-refractivity contribution in [1.29, 1.82) is 0 Å². The normalized spacial score (nSPS) is 26.6. The standard InChI is InChI=1S/C24H26N4O6/c1-27(2)13-7-12-23(34-8-26-12)16-10(13)5-9-6-11-15(19(29)14(9)20(16)30)21(31)17(24(25)33)22(32)18(11)28(3)4/h7-9,11,15,18,30,32H,5-6H2,1-4H3,(H2,25,33)/t9-,11+,15?,18?/m0/s1. The molecule has 1 fully saturated rings. The van der Waals surface area contributed by atoms with Crippen LogP contribution >= 0.6 is 0 Å². The lowest BCUT2D eigenvalue weighted by molar-refractivity contribution is -0.136. The zero-order chi connectivity index (χ0) is 24.6. The van der Waals surface area contributed by atoms with Gasteiger partial charge in [-0.25, -0.2) is 4.98 Å². The maximum absolute atomic E-state index is 13.8. The van der Waals surface area contributed by atoms with Gasteiger partial charge in [-0.05, 0) is 50.4 Å². The second-order valence-electron chi connectivity index (χ2n) is 9.65. The molecule has 2 aromatic rings. The number of hydrogen-bond acceptors (Lipinski definition) is 9. The van der Waals surface area contributed by atoms with Gasteiger partial charge in [0.25, 0.3) is 5.91 Å². The summed E-state index contributed by atoms with van der Waals surface area (Å²) in [6, 6.07) is 1.15. The molecule has 10 nitrogen and oxygen atoms in total. The molecular weight excluding hydrogens is 440 g/mol. The fourth-order valence-corrected chi connectivity index (χ4v) is 6.04. The first-order valence-electron chi connectivity index (χ1n) is 11.0. The van der Waals surface area contributed by atoms with Crippen LogP contribution in [0.1, 0.15) is 17.5 Å². The van der Waals surface area contributed by atoms with E-state index in [-0.39, 0.29) is 17.3 Å². The highest BCUT2D eigenvalue weighted by molar-refractivity contribution is 6.28. The average Bonchev–Trinajstić information content (AvgIpc) is 3.20. The second-order valence-corrected chi connectivity index (χ2v) is 9.65. The van der Waals surface area contributed by atoms with Gasteiger partial charge in [-0.2, -0.15) is 0 Å². The van der Waals surface area contributed by atoms with Crippen molar-refractivity contribution in [1.82, 2.24) is 9.88 Å². The van der Waals surface area contributed by atoms with Crippen LogP contribution in [0.3, 0.4) is 0 Å². The van der Waals surface area contributed by atoms with E-state index in [1.165, 1.54) is 6.39 Å². The number of aliphatic hydroxyl groups is 2. The van der Waals surface area contributed by atoms with Crippen molar-refractivity contribution < 1.29 is 29.0 Å². The first-order valence-corrected chi connectivity index (χ1v) is 11.0. The number of aromatic nitrogens is 1. The number of primary amides is 1. The molecule has 3 aliphatic rings. The quantitative estimate of drug-likeness (QED) is 0.450. The molecule has 1 heterocycles. The van der Waals surface area contributed by atoms with E-state index in [0.29, 0.717) is 29.5 Å². The van der Waals surface area contributed by atoms with Gasteiger partial charge in [-0.3, -0.25) is 19.3 Å². The molecule has 2 unspecified atom stereocenters. The zero-order valence-electron chi connectivity index (χ0n) is 19.3. The number of oxazole rings is 1. The molecule has 178 valence electrons. The summed E-state index contributed by atoms with van der Waals surface area (Å²) in [6.07, 6.45) is 2.09. The van der Waals surface area contributed by atoms with Crippen LogP contribution in [0.25, 0.3) is 16.9 Å². The number of Topliss-reactive ketones (excluding diaryl/α,β-unsaturated/α-hetero) is 2. The van der Waals surface area contributed by atoms with Crippen LogP contribution in [0.2, 0.25) is 0 Å². The van der Waals surface area contributed by atoms with Gasteiger partial charge in [0.1, 0.15) is 22.6 Å². The van der Waals surface area contributed by atoms with Gasteiger partial charge >= 0.3 is 0 Å². The van der Waals surface area contributed by atoms with Gasteiger partial charge in [-0.1, -0.05) is 0 Å². The van der Waals surface area contributed by atoms with Crippen molar-refractivity contribution in [3.63, 3.8) is 0 Å². The topological polar surface area (TPSA) is 150 Å². The van der Waals surface area contributed by atoms with Gasteiger partial charge in [0.2, 0.25) is 0 Å². The van der Waals surface area contributed by atoms with Gasteiger partial charge in [-0.15, -0.1) is 0 Å². The highest BCUT2D eigenvalue weighted by Crippen LogP contribution is 2.51. The molecule has 3 aliphatic carbocycles. The number of amides is 1. The monoisotopic (exact) mass is 466 g/mol. The van der Waals surface area contributed by atoms with Gasteiger partial charge < -0.3 is 25.3 Å². The Labute approximate surface area is 195 Å². The molecule has 0 aliphatic heterocycles. The SMILES string of the molecule is CN(C)c1cc2ncoc2c2c1C[C@H]1C[C@@H]3C(C(=O)C(C(N)=O)=C(O)C3N(C)C)C(=O)C1=C2O. The summed E-state index contributed by atoms with van der Waals surface area (Å²) in [5, 5.41) is 22.2. The predicted molar refractivity (Wildman–Crippen MR) is 123 cm³/mol. The highest BCUT2D eigenvalue weighted by atomic mass is 16.3. The third-order valence-corrected chi connectivity index (χ3v) is 7.35. The summed E-state index contributed by atoms with van der Waals surface area (Å²) in [6.45, 7) is 0. The Balaban J connectivity index is 1.73. The summed E-state index contributed by atoms with van der Waals surface area (Å²) < 4.78 is 5.56. The summed E-state index contributed by atoms with van der Waals surface area (Å²) in [7, 11) is 7.19. The predicted octanol–water partition coefficient (Wildman–Crippen LogP) is 1.35. The van der Waals surface area contributed by atoms with E-state index in [2.05, 4.69) is 4.98 Å². The molecule has 0 radical (unpaired) electrons. The summed E-state index contributed by atoms with van der Waals surface area (Å²) >= 11 is 0. The minimum absolute atomic E-state index is 0.151. The number of nitrogens with zero attached hydrogens (tertiary/aromatic N) is 3. The van der Waals surface area contributed by atoms with E-state index < -0.39 is 46.7 Å². The fraction of sp³-hybridized carbons (Fsp3) is 0.417. The average molecular weight is 466 g/mol. The number of carbonyl (C=O) groups excluding carboxylic acids is 3. The Morgan fingerprint density at radius 1 is 1.18 bits per heavy atom. The number of carbonyl (C=O) groups is 3. The maximum Gasteiger partial charge on any atom is 0.255 e. The number of rotatable bonds is 3. The number of aliphatic hydroxyl groups excluding tert-OH is 2. The van der Waals surface area contributed by atoms with E-state index in [4.69, 9.17) is 10.2 Å². The van der Waals surface area contributed by atoms with Crippen LogP contribution in [-0.4, -0.2) is 71.8 Å². The highest BCUT2D eigenvalue weighted by Gasteiger charge is 2.55. The van der Waals surface area contributed by atoms with Crippen LogP contribution in [0.15, 0.2) is 33.8 Å². The van der Waals surface area contributed by atoms with Crippen molar-refractivity contribution in [2.24, 2.45) is 23.5 Å². The summed E-state index contributed by atoms with van der Waals surface area (Å²) in [4.78, 5) is 46.9. The van der Waals surface area contributed by atoms with Crippen molar-refractivity contribution in [3.05, 3.63) is 40.5 Å². The molecule has 5 rings (SSSR count). The summed E-state index contributed by atoms with van der Waals surface area (Å²) in [5.41, 5.74) is 7.99. The number of fused-ring (bicyclic) bond motifs is 5. The summed E-state index contributed by atoms with van der Waals surface area (Å²) in [5.74, 6) is -5.21. The molecule has 1 saturated carbocycles. The first-order chi connectivity index (χ1) is 16.0. The van der Waals surface area contributed by atoms with Crippen LogP contribution < -0.4 is 10.6 Å². The van der Waals surface area contributed by atoms with Crippen molar-refractivity contribution in [3.8, 4) is 0 Å². The maximum atomic E-state index is 13.8. The number of hydrogen-bond donors (Lipinski definition) is 3. The Hall–Kier alpha value is -3.66. The van der Waals surface area contributed by atoms with E-state index >= 15 is 0 Å². The lowest BCUT2D eigenvalue weighted by atomic mass is 9.59. The molecule has 1 aromatic heterocycles. The molecule has 1 amide bonds. The van der Waals surface area contributed by atoms with Crippen LogP contribution in [0.4, 0.5) is 5.69 Å². The third kappa shape index (κ3) is 2.84. The Bertz CT molecular complexity index is 1330. The van der Waals surface area contributed by atoms with Crippen molar-refractivity contribution in [2.75, 3.05) is 33.1 Å². The minimum Gasteiger partial charge on any atom is -0.510 e. The number of ketones is 2. The fourth-order valence-electron chi connectivity index (χ4n) is 6.04. The molecule has 34 heavy (non-hydrogen) atoms. The Morgan fingerprint density at radius 2 is 1.88 bits per heavy atom. The van der Waals surface area contributed by atoms with Crippen LogP contribution in [-0.2, 0) is 20.8 Å². The molecule has 0 bridgehead atoms. The molecule has 0 spiro atoms. The molecular formula is C24H26N4O6. The zero-order valence-corrected chi connectivity index (χ0v) is 19.3. The number of benzene rings is 1. The number of anilines is 1. The van der Waals surface area contributed by atoms with E-state index in [9.17, 15) is 24.6 Å². The third-order valence-electron chi connectivity index (χ3n) is 7.35. The van der Waals surface area contributed by atoms with E-state index in [1.54, 1.807) is 19.0 Å². The molecule has 4 N–H and O–H groups in total. The van der Waals surface area contributed by atoms with Gasteiger partial charge in [0.15, 0.2) is 23.5 Å². The molecule has 4 atom stereocenters. The molecule has 1 aromatic carbocycles. The van der Waals surface area contributed by atoms with Crippen LogP contribution in [0.5, 0.6) is 0 Å². The molecule has 0 saturated heterocycles. The lowest BCUT2D eigenvalue weighted by Crippen LogP contribution is -2.55. The van der Waals surface area contributed by atoms with E-state index in [0.717, 1.165) is 11.3 Å². The Morgan fingerprint density at radius 3 is 2.50 bits per heavy atom. The smallest absolute Gasteiger partial charge is 0.255 e. The van der Waals surface area contributed by atoms with Crippen molar-refractivity contribution >= 4 is 40.0 Å². The molecule has 10 heteroatoms. The minimum atomic E-state index is -1.22. The second kappa shape index (κ2) is 7.42. The number of nitrogens with two attached hydrogens (primary N) is 1. The van der Waals surface area contributed by atoms with Gasteiger partial charge in [0.05, 0.1) is 17.5 Å². The number of allylic oxidation sites excluding steroid dienone is 1. The van der Waals surface area contributed by atoms with Crippen LogP contribution in [0, 0.1) is 17.8 Å². The van der Waals surface area contributed by atoms with Gasteiger partial charge in [0, 0.05) is 25.4 Å². The Kier molecular flexibility index (Phi) is 4.84. The lowest BCUT2D eigenvalue weighted by Gasteiger charge is -2.46. The van der Waals surface area contributed by atoms with Crippen molar-refractivity contribution in [2.45, 2.75) is 18.9 Å². The van der Waals surface area contributed by atoms with E-state index in [1.807, 2.05) is 25.1 Å².